The van der Waals surface area contributed by atoms with Gasteiger partial charge in [-0.05, 0) is 37.6 Å². The average molecular weight is 415 g/mol. The van der Waals surface area contributed by atoms with Gasteiger partial charge in [0.1, 0.15) is 5.75 Å². The summed E-state index contributed by atoms with van der Waals surface area (Å²) in [6.07, 6.45) is 2.15. The summed E-state index contributed by atoms with van der Waals surface area (Å²) in [4.78, 5) is 27.0. The molecule has 0 radical (unpaired) electrons. The van der Waals surface area contributed by atoms with E-state index in [4.69, 9.17) is 4.74 Å². The molecule has 31 heavy (non-hydrogen) atoms. The number of carbonyl (C=O) groups is 2. The molecule has 0 bridgehead atoms. The van der Waals surface area contributed by atoms with Crippen LogP contribution in [0.15, 0.2) is 59.9 Å². The first-order valence-electron chi connectivity index (χ1n) is 10.5. The number of hydrogen-bond acceptors (Lipinski definition) is 4. The maximum Gasteiger partial charge on any atom is 0.259 e. The molecule has 6 heteroatoms. The Labute approximate surface area is 181 Å². The molecule has 158 valence electrons. The van der Waals surface area contributed by atoms with Crippen LogP contribution in [-0.4, -0.2) is 34.9 Å². The van der Waals surface area contributed by atoms with Crippen molar-refractivity contribution in [1.82, 2.24) is 9.47 Å². The smallest absolute Gasteiger partial charge is 0.259 e. The Hall–Kier alpha value is -3.54. The van der Waals surface area contributed by atoms with Gasteiger partial charge in [0.2, 0.25) is 5.91 Å². The topological polar surface area (TPSA) is 63.6 Å². The number of nitrogens with zero attached hydrogens (tertiary/aromatic N) is 2. The van der Waals surface area contributed by atoms with Crippen molar-refractivity contribution < 1.29 is 14.3 Å². The lowest BCUT2D eigenvalue weighted by Gasteiger charge is -2.21. The predicted octanol–water partition coefficient (Wildman–Crippen LogP) is 4.43. The van der Waals surface area contributed by atoms with Gasteiger partial charge in [0, 0.05) is 47.4 Å². The first kappa shape index (κ1) is 19.4. The fraction of sp³-hybridized carbons (Fsp3) is 0.280. The predicted molar refractivity (Wildman–Crippen MR) is 120 cm³/mol. The molecule has 0 unspecified atom stereocenters. The lowest BCUT2D eigenvalue weighted by molar-refractivity contribution is -0.139. The summed E-state index contributed by atoms with van der Waals surface area (Å²) in [5.74, 6) is -0.124. The van der Waals surface area contributed by atoms with E-state index in [-0.39, 0.29) is 30.3 Å². The highest BCUT2D eigenvalue weighted by Gasteiger charge is 2.42. The Balaban J connectivity index is 1.85. The number of nitrogens with one attached hydrogen (secondary N) is 1. The summed E-state index contributed by atoms with van der Waals surface area (Å²) in [5, 5.41) is 4.60. The van der Waals surface area contributed by atoms with Crippen LogP contribution in [0.1, 0.15) is 43.9 Å². The Bertz CT molecular complexity index is 1270. The second-order valence-electron chi connectivity index (χ2n) is 8.39. The number of amides is 2. The van der Waals surface area contributed by atoms with E-state index in [2.05, 4.69) is 36.0 Å². The highest BCUT2D eigenvalue weighted by atomic mass is 16.5. The van der Waals surface area contributed by atoms with E-state index in [9.17, 15) is 9.59 Å². The summed E-state index contributed by atoms with van der Waals surface area (Å²) in [6.45, 7) is 5.98. The largest absolute Gasteiger partial charge is 0.496 e. The van der Waals surface area contributed by atoms with E-state index in [0.717, 1.165) is 39.2 Å². The molecule has 1 N–H and O–H groups in total. The summed E-state index contributed by atoms with van der Waals surface area (Å²) in [7, 11) is 1.64. The summed E-state index contributed by atoms with van der Waals surface area (Å²) >= 11 is 0. The van der Waals surface area contributed by atoms with Gasteiger partial charge in [-0.2, -0.15) is 0 Å². The second kappa shape index (κ2) is 7.01. The van der Waals surface area contributed by atoms with Crippen LogP contribution < -0.4 is 10.1 Å². The molecule has 3 heterocycles. The first-order valence-corrected chi connectivity index (χ1v) is 10.5. The fourth-order valence-corrected chi connectivity index (χ4v) is 4.89. The molecule has 2 aliphatic rings. The van der Waals surface area contributed by atoms with Crippen LogP contribution in [0.2, 0.25) is 0 Å². The average Bonchev–Trinajstić information content (AvgIpc) is 3.24. The van der Waals surface area contributed by atoms with Gasteiger partial charge >= 0.3 is 0 Å². The van der Waals surface area contributed by atoms with Crippen molar-refractivity contribution in [2.24, 2.45) is 0 Å². The normalized spacial score (nSPS) is 17.8. The van der Waals surface area contributed by atoms with E-state index in [1.54, 1.807) is 7.11 Å². The maximum atomic E-state index is 13.5. The Kier molecular flexibility index (Phi) is 4.39. The molecule has 5 rings (SSSR count). The van der Waals surface area contributed by atoms with Gasteiger partial charge in [-0.15, -0.1) is 0 Å². The number of ether oxygens (including phenoxy) is 1. The molecular formula is C25H25N3O3. The van der Waals surface area contributed by atoms with Gasteiger partial charge in [0.25, 0.3) is 5.91 Å². The Morgan fingerprint density at radius 2 is 1.90 bits per heavy atom. The van der Waals surface area contributed by atoms with E-state index in [1.807, 2.05) is 36.4 Å². The van der Waals surface area contributed by atoms with Crippen LogP contribution in [-0.2, 0) is 9.59 Å². The molecule has 2 aliphatic heterocycles. The number of methoxy groups -OCH3 is 1. The van der Waals surface area contributed by atoms with E-state index in [0.29, 0.717) is 5.57 Å². The SMILES string of the molecule is COc1ccccc1[C@H]1C2=C(CN(C(C)=O)C2=O)Nc2cccc3c2c1cn3C(C)C. The molecule has 2 aromatic carbocycles. The fourth-order valence-electron chi connectivity index (χ4n) is 4.89. The van der Waals surface area contributed by atoms with Gasteiger partial charge in [-0.3, -0.25) is 14.5 Å². The van der Waals surface area contributed by atoms with Gasteiger partial charge in [0.15, 0.2) is 0 Å². The zero-order chi connectivity index (χ0) is 21.9. The third-order valence-electron chi connectivity index (χ3n) is 6.28. The van der Waals surface area contributed by atoms with Crippen molar-refractivity contribution in [3.8, 4) is 5.75 Å². The van der Waals surface area contributed by atoms with Crippen LogP contribution in [0, 0.1) is 0 Å². The van der Waals surface area contributed by atoms with Crippen molar-refractivity contribution in [2.75, 3.05) is 19.0 Å². The minimum absolute atomic E-state index is 0.246. The van der Waals surface area contributed by atoms with Crippen molar-refractivity contribution in [1.29, 1.82) is 0 Å². The highest BCUT2D eigenvalue weighted by molar-refractivity contribution is 6.11. The van der Waals surface area contributed by atoms with Crippen LogP contribution in [0.3, 0.4) is 0 Å². The summed E-state index contributed by atoms with van der Waals surface area (Å²) in [5.41, 5.74) is 5.41. The van der Waals surface area contributed by atoms with Gasteiger partial charge < -0.3 is 14.6 Å². The maximum absolute atomic E-state index is 13.5. The second-order valence-corrected chi connectivity index (χ2v) is 8.39. The molecule has 0 saturated carbocycles. The third-order valence-corrected chi connectivity index (χ3v) is 6.28. The number of rotatable bonds is 3. The molecule has 1 aromatic heterocycles. The molecule has 0 aliphatic carbocycles. The van der Waals surface area contributed by atoms with Gasteiger partial charge in [-0.25, -0.2) is 0 Å². The first-order chi connectivity index (χ1) is 14.9. The third kappa shape index (κ3) is 2.78. The number of hydrogen-bond donors (Lipinski definition) is 1. The van der Waals surface area contributed by atoms with Crippen LogP contribution in [0.25, 0.3) is 10.9 Å². The molecule has 6 nitrogen and oxygen atoms in total. The molecule has 3 aromatic rings. The Morgan fingerprint density at radius 1 is 1.13 bits per heavy atom. The standard InChI is InChI=1S/C25H25N3O3/c1-14(2)27-12-17-22(16-8-5-6-11-21(16)31-4)24-19(13-28(15(3)29)25(24)30)26-18-9-7-10-20(27)23(17)18/h5-12,14,22,26H,13H2,1-4H3/t22-/m1/s1. The number of aromatic nitrogens is 1. The number of benzene rings is 2. The summed E-state index contributed by atoms with van der Waals surface area (Å²) in [6, 6.07) is 14.2. The molecule has 0 spiro atoms. The monoisotopic (exact) mass is 415 g/mol. The van der Waals surface area contributed by atoms with E-state index < -0.39 is 0 Å². The van der Waals surface area contributed by atoms with Gasteiger partial charge in [0.05, 0.1) is 24.7 Å². The molecule has 0 fully saturated rings. The molecule has 1 atom stereocenters. The van der Waals surface area contributed by atoms with Crippen LogP contribution in [0.5, 0.6) is 5.75 Å². The van der Waals surface area contributed by atoms with Crippen LogP contribution in [0.4, 0.5) is 5.69 Å². The zero-order valence-corrected chi connectivity index (χ0v) is 18.1. The minimum Gasteiger partial charge on any atom is -0.496 e. The quantitative estimate of drug-likeness (QED) is 0.687. The number of imide groups is 1. The number of anilines is 1. The van der Waals surface area contributed by atoms with Crippen molar-refractivity contribution >= 4 is 28.4 Å². The molecule has 0 saturated heterocycles. The van der Waals surface area contributed by atoms with E-state index in [1.165, 1.54) is 11.8 Å². The Morgan fingerprint density at radius 3 is 2.61 bits per heavy atom. The highest BCUT2D eigenvalue weighted by Crippen LogP contribution is 2.48. The summed E-state index contributed by atoms with van der Waals surface area (Å²) < 4.78 is 7.94. The number of carbonyl (C=O) groups excluding carboxylic acids is 2. The molecule has 2 amide bonds. The zero-order valence-electron chi connectivity index (χ0n) is 18.1. The van der Waals surface area contributed by atoms with Crippen molar-refractivity contribution in [3.63, 3.8) is 0 Å². The van der Waals surface area contributed by atoms with Crippen molar-refractivity contribution in [2.45, 2.75) is 32.7 Å². The number of para-hydroxylation sites is 1. The van der Waals surface area contributed by atoms with Crippen LogP contribution >= 0.6 is 0 Å². The van der Waals surface area contributed by atoms with Gasteiger partial charge in [-0.1, -0.05) is 24.3 Å². The minimum atomic E-state index is -0.346. The van der Waals surface area contributed by atoms with E-state index >= 15 is 0 Å². The van der Waals surface area contributed by atoms with Crippen molar-refractivity contribution in [3.05, 3.63) is 71.1 Å². The lowest BCUT2D eigenvalue weighted by Crippen LogP contribution is -2.33. The lowest BCUT2D eigenvalue weighted by atomic mass is 9.84. The molecular weight excluding hydrogens is 390 g/mol.